The molecule has 6 heteroatoms. The maximum Gasteiger partial charge on any atom is 0.320 e. The maximum absolute atomic E-state index is 12.2. The molecule has 1 heterocycles. The van der Waals surface area contributed by atoms with E-state index in [1.54, 1.807) is 0 Å². The first-order valence-electron chi connectivity index (χ1n) is 7.61. The fraction of sp³-hybridized carbons (Fsp3) is 0.857. The Morgan fingerprint density at radius 2 is 1.55 bits per heavy atom. The van der Waals surface area contributed by atoms with E-state index in [4.69, 9.17) is 5.73 Å². The average molecular weight is 284 g/mol. The van der Waals surface area contributed by atoms with Crippen LogP contribution in [-0.2, 0) is 4.79 Å². The van der Waals surface area contributed by atoms with Crippen LogP contribution in [0.3, 0.4) is 0 Å². The second kappa shape index (κ2) is 8.09. The minimum Gasteiger partial charge on any atom is -0.339 e. The van der Waals surface area contributed by atoms with E-state index >= 15 is 0 Å². The van der Waals surface area contributed by atoms with E-state index in [2.05, 4.69) is 0 Å². The Morgan fingerprint density at radius 3 is 1.95 bits per heavy atom. The van der Waals surface area contributed by atoms with Gasteiger partial charge in [-0.2, -0.15) is 0 Å². The molecule has 0 radical (unpaired) electrons. The Labute approximate surface area is 121 Å². The van der Waals surface area contributed by atoms with E-state index < -0.39 is 0 Å². The highest BCUT2D eigenvalue weighted by molar-refractivity contribution is 5.80. The van der Waals surface area contributed by atoms with Crippen LogP contribution in [0.15, 0.2) is 0 Å². The van der Waals surface area contributed by atoms with Crippen LogP contribution in [0.4, 0.5) is 4.79 Å². The zero-order valence-electron chi connectivity index (χ0n) is 13.0. The Balaban J connectivity index is 2.51. The molecule has 0 aromatic heterocycles. The third-order valence-corrected chi connectivity index (χ3v) is 4.02. The summed E-state index contributed by atoms with van der Waals surface area (Å²) >= 11 is 0. The van der Waals surface area contributed by atoms with Gasteiger partial charge in [0.2, 0.25) is 5.91 Å². The lowest BCUT2D eigenvalue weighted by atomic mass is 10.0. The molecule has 2 N–H and O–H groups in total. The first-order chi connectivity index (χ1) is 9.58. The summed E-state index contributed by atoms with van der Waals surface area (Å²) in [7, 11) is 0. The minimum absolute atomic E-state index is 0.0768. The highest BCUT2D eigenvalue weighted by atomic mass is 16.2. The van der Waals surface area contributed by atoms with E-state index in [-0.39, 0.29) is 17.9 Å². The van der Waals surface area contributed by atoms with Crippen molar-refractivity contribution in [3.63, 3.8) is 0 Å². The monoisotopic (exact) mass is 284 g/mol. The van der Waals surface area contributed by atoms with E-state index in [0.717, 1.165) is 19.5 Å². The van der Waals surface area contributed by atoms with Crippen LogP contribution in [0.5, 0.6) is 0 Å². The quantitative estimate of drug-likeness (QED) is 0.803. The molecule has 0 aliphatic carbocycles. The van der Waals surface area contributed by atoms with Crippen LogP contribution < -0.4 is 5.73 Å². The molecule has 0 bridgehead atoms. The zero-order valence-corrected chi connectivity index (χ0v) is 13.0. The van der Waals surface area contributed by atoms with Gasteiger partial charge in [0.15, 0.2) is 0 Å². The molecule has 1 fully saturated rings. The molecule has 1 unspecified atom stereocenters. The lowest BCUT2D eigenvalue weighted by molar-refractivity contribution is -0.136. The first-order valence-corrected chi connectivity index (χ1v) is 7.61. The Morgan fingerprint density at radius 1 is 1.05 bits per heavy atom. The number of urea groups is 1. The molecule has 1 atom stereocenters. The minimum atomic E-state index is -0.0833. The number of nitrogens with two attached hydrogens (primary N) is 1. The van der Waals surface area contributed by atoms with Gasteiger partial charge in [-0.1, -0.05) is 6.92 Å². The fourth-order valence-electron chi connectivity index (χ4n) is 2.51. The van der Waals surface area contributed by atoms with Crippen molar-refractivity contribution in [3.8, 4) is 0 Å². The molecule has 1 aliphatic rings. The van der Waals surface area contributed by atoms with E-state index in [0.29, 0.717) is 32.7 Å². The summed E-state index contributed by atoms with van der Waals surface area (Å²) in [6.07, 6.45) is 0.772. The van der Waals surface area contributed by atoms with Crippen LogP contribution >= 0.6 is 0 Å². The number of amides is 3. The van der Waals surface area contributed by atoms with Gasteiger partial charge >= 0.3 is 6.03 Å². The van der Waals surface area contributed by atoms with Gasteiger partial charge in [-0.25, -0.2) is 4.79 Å². The van der Waals surface area contributed by atoms with Gasteiger partial charge < -0.3 is 20.4 Å². The third kappa shape index (κ3) is 3.85. The lowest BCUT2D eigenvalue weighted by Crippen LogP contribution is -2.55. The van der Waals surface area contributed by atoms with Crippen LogP contribution in [0.2, 0.25) is 0 Å². The number of carbonyl (C=O) groups is 2. The van der Waals surface area contributed by atoms with Crippen LogP contribution in [0.25, 0.3) is 0 Å². The fourth-order valence-corrected chi connectivity index (χ4v) is 2.51. The number of rotatable bonds is 5. The molecule has 0 spiro atoms. The van der Waals surface area contributed by atoms with Crippen LogP contribution in [0, 0.1) is 5.92 Å². The number of nitrogens with zero attached hydrogens (tertiary/aromatic N) is 3. The van der Waals surface area contributed by atoms with Gasteiger partial charge in [-0.15, -0.1) is 0 Å². The molecular formula is C14H28N4O2. The second-order valence-corrected chi connectivity index (χ2v) is 5.11. The molecule has 1 aliphatic heterocycles. The van der Waals surface area contributed by atoms with Gasteiger partial charge in [-0.05, 0) is 20.3 Å². The highest BCUT2D eigenvalue weighted by Crippen LogP contribution is 2.11. The first kappa shape index (κ1) is 16.8. The number of carbonyl (C=O) groups excluding carboxylic acids is 2. The molecule has 1 saturated heterocycles. The average Bonchev–Trinajstić information content (AvgIpc) is 2.49. The van der Waals surface area contributed by atoms with Crippen LogP contribution in [-0.4, -0.2) is 72.5 Å². The van der Waals surface area contributed by atoms with Gasteiger partial charge in [0, 0.05) is 45.8 Å². The largest absolute Gasteiger partial charge is 0.339 e. The molecule has 3 amide bonds. The second-order valence-electron chi connectivity index (χ2n) is 5.11. The zero-order chi connectivity index (χ0) is 15.1. The van der Waals surface area contributed by atoms with Gasteiger partial charge in [0.25, 0.3) is 0 Å². The highest BCUT2D eigenvalue weighted by Gasteiger charge is 2.28. The van der Waals surface area contributed by atoms with Gasteiger partial charge in [0.05, 0.1) is 5.92 Å². The Hall–Kier alpha value is -1.30. The van der Waals surface area contributed by atoms with Crippen molar-refractivity contribution in [1.29, 1.82) is 0 Å². The van der Waals surface area contributed by atoms with Crippen molar-refractivity contribution in [1.82, 2.24) is 14.7 Å². The number of piperazine rings is 1. The topological polar surface area (TPSA) is 69.9 Å². The SMILES string of the molecule is CCC(CN)C(=O)N1CCN(C(=O)N(CC)CC)CC1. The predicted octanol–water partition coefficient (Wildman–Crippen LogP) is 0.577. The van der Waals surface area contributed by atoms with E-state index in [1.165, 1.54) is 0 Å². The summed E-state index contributed by atoms with van der Waals surface area (Å²) in [6, 6.07) is 0.0768. The summed E-state index contributed by atoms with van der Waals surface area (Å²) in [6.45, 7) is 10.2. The molecule has 6 nitrogen and oxygen atoms in total. The molecule has 0 saturated carbocycles. The summed E-state index contributed by atoms with van der Waals surface area (Å²) in [5, 5.41) is 0. The maximum atomic E-state index is 12.2. The standard InChI is InChI=1S/C14H28N4O2/c1-4-12(11-15)13(19)17-7-9-18(10-8-17)14(20)16(5-2)6-3/h12H,4-11,15H2,1-3H3. The van der Waals surface area contributed by atoms with Crippen molar-refractivity contribution in [2.45, 2.75) is 27.2 Å². The summed E-state index contributed by atoms with van der Waals surface area (Å²) in [4.78, 5) is 29.9. The van der Waals surface area contributed by atoms with Crippen molar-refractivity contribution in [3.05, 3.63) is 0 Å². The van der Waals surface area contributed by atoms with E-state index in [1.807, 2.05) is 35.5 Å². The summed E-state index contributed by atoms with van der Waals surface area (Å²) < 4.78 is 0. The molecular weight excluding hydrogens is 256 g/mol. The summed E-state index contributed by atoms with van der Waals surface area (Å²) in [5.41, 5.74) is 5.62. The molecule has 116 valence electrons. The predicted molar refractivity (Wildman–Crippen MR) is 79.3 cm³/mol. The van der Waals surface area contributed by atoms with Crippen molar-refractivity contribution in [2.24, 2.45) is 11.7 Å². The van der Waals surface area contributed by atoms with Crippen molar-refractivity contribution in [2.75, 3.05) is 45.8 Å². The van der Waals surface area contributed by atoms with Gasteiger partial charge in [-0.3, -0.25) is 4.79 Å². The van der Waals surface area contributed by atoms with Gasteiger partial charge in [0.1, 0.15) is 0 Å². The van der Waals surface area contributed by atoms with E-state index in [9.17, 15) is 9.59 Å². The van der Waals surface area contributed by atoms with Crippen LogP contribution in [0.1, 0.15) is 27.2 Å². The normalized spacial score (nSPS) is 17.0. The Kier molecular flexibility index (Phi) is 6.78. The molecule has 0 aromatic carbocycles. The number of hydrogen-bond acceptors (Lipinski definition) is 3. The molecule has 1 rings (SSSR count). The molecule has 0 aromatic rings. The van der Waals surface area contributed by atoms with Crippen molar-refractivity contribution < 1.29 is 9.59 Å². The van der Waals surface area contributed by atoms with Crippen molar-refractivity contribution >= 4 is 11.9 Å². The Bertz CT molecular complexity index is 287. The molecule has 20 heavy (non-hydrogen) atoms. The lowest BCUT2D eigenvalue weighted by Gasteiger charge is -2.38. The smallest absolute Gasteiger partial charge is 0.320 e. The number of hydrogen-bond donors (Lipinski definition) is 1. The summed E-state index contributed by atoms with van der Waals surface area (Å²) in [5.74, 6) is 0.0463. The third-order valence-electron chi connectivity index (χ3n) is 4.02.